The minimum absolute atomic E-state index is 0.0119. The topological polar surface area (TPSA) is 75.7 Å². The number of nitrogens with zero attached hydrogens (tertiary/aromatic N) is 1. The van der Waals surface area contributed by atoms with Gasteiger partial charge in [-0.1, -0.05) is 29.8 Å². The zero-order valence-corrected chi connectivity index (χ0v) is 16.5. The Balaban J connectivity index is 1.85. The molecule has 0 saturated carbocycles. The lowest BCUT2D eigenvalue weighted by Gasteiger charge is -2.18. The molecular weight excluding hydrogens is 388 g/mol. The lowest BCUT2D eigenvalue weighted by atomic mass is 10.1. The maximum absolute atomic E-state index is 12.7. The first-order valence-electron chi connectivity index (χ1n) is 8.63. The van der Waals surface area contributed by atoms with Crippen molar-refractivity contribution >= 4 is 27.5 Å². The summed E-state index contributed by atoms with van der Waals surface area (Å²) in [4.78, 5) is 14.5. The highest BCUT2D eigenvalue weighted by Crippen LogP contribution is 2.26. The van der Waals surface area contributed by atoms with Crippen molar-refractivity contribution in [2.45, 2.75) is 24.3 Å². The standard InChI is InChI=1S/C19H21ClN2O4S/c1-26-18-9-8-15(12-16(18)19(23)22-10-4-5-11-22)27(24,25)21-13-14-6-2-3-7-17(14)20/h2-3,6-9,12,21H,4-5,10-11,13H2,1H3. The van der Waals surface area contributed by atoms with Crippen molar-refractivity contribution < 1.29 is 17.9 Å². The van der Waals surface area contributed by atoms with E-state index in [9.17, 15) is 13.2 Å². The predicted molar refractivity (Wildman–Crippen MR) is 104 cm³/mol. The molecule has 0 spiro atoms. The molecule has 2 aromatic rings. The van der Waals surface area contributed by atoms with Crippen LogP contribution in [0.25, 0.3) is 0 Å². The fourth-order valence-corrected chi connectivity index (χ4v) is 4.24. The average Bonchev–Trinajstić information content (AvgIpc) is 3.21. The number of rotatable bonds is 6. The van der Waals surface area contributed by atoms with E-state index in [0.29, 0.717) is 29.4 Å². The van der Waals surface area contributed by atoms with Crippen LogP contribution >= 0.6 is 11.6 Å². The highest BCUT2D eigenvalue weighted by molar-refractivity contribution is 7.89. The minimum atomic E-state index is -3.81. The number of hydrogen-bond acceptors (Lipinski definition) is 4. The minimum Gasteiger partial charge on any atom is -0.496 e. The van der Waals surface area contributed by atoms with Gasteiger partial charge in [0.1, 0.15) is 5.75 Å². The van der Waals surface area contributed by atoms with E-state index in [1.54, 1.807) is 29.2 Å². The van der Waals surface area contributed by atoms with Gasteiger partial charge in [0.25, 0.3) is 5.91 Å². The van der Waals surface area contributed by atoms with Gasteiger partial charge < -0.3 is 9.64 Å². The van der Waals surface area contributed by atoms with E-state index in [1.165, 1.54) is 25.3 Å². The fourth-order valence-electron chi connectivity index (χ4n) is 3.01. The van der Waals surface area contributed by atoms with E-state index < -0.39 is 10.0 Å². The number of ether oxygens (including phenoxy) is 1. The summed E-state index contributed by atoms with van der Waals surface area (Å²) in [6.07, 6.45) is 1.90. The Bertz CT molecular complexity index is 940. The number of hydrogen-bond donors (Lipinski definition) is 1. The number of benzene rings is 2. The first-order valence-corrected chi connectivity index (χ1v) is 10.5. The molecule has 0 aliphatic carbocycles. The van der Waals surface area contributed by atoms with E-state index in [2.05, 4.69) is 4.72 Å². The zero-order valence-electron chi connectivity index (χ0n) is 14.9. The summed E-state index contributed by atoms with van der Waals surface area (Å²) in [6.45, 7) is 1.40. The molecule has 6 nitrogen and oxygen atoms in total. The summed E-state index contributed by atoms with van der Waals surface area (Å²) in [7, 11) is -2.36. The molecule has 0 radical (unpaired) electrons. The van der Waals surface area contributed by atoms with Crippen molar-refractivity contribution in [2.24, 2.45) is 0 Å². The second kappa shape index (κ2) is 8.29. The molecule has 1 fully saturated rings. The van der Waals surface area contributed by atoms with Crippen LogP contribution in [-0.4, -0.2) is 39.4 Å². The van der Waals surface area contributed by atoms with Crippen LogP contribution in [0.2, 0.25) is 5.02 Å². The Hall–Kier alpha value is -2.09. The summed E-state index contributed by atoms with van der Waals surface area (Å²) >= 11 is 6.08. The van der Waals surface area contributed by atoms with Crippen molar-refractivity contribution in [1.82, 2.24) is 9.62 Å². The van der Waals surface area contributed by atoms with Crippen LogP contribution in [0, 0.1) is 0 Å². The third-order valence-corrected chi connectivity index (χ3v) is 6.28. The first kappa shape index (κ1) is 19.7. The maximum atomic E-state index is 12.7. The molecule has 2 aromatic carbocycles. The van der Waals surface area contributed by atoms with E-state index in [0.717, 1.165) is 12.8 Å². The SMILES string of the molecule is COc1ccc(S(=O)(=O)NCc2ccccc2Cl)cc1C(=O)N1CCCC1. The van der Waals surface area contributed by atoms with Crippen LogP contribution in [0.3, 0.4) is 0 Å². The zero-order chi connectivity index (χ0) is 19.4. The smallest absolute Gasteiger partial charge is 0.257 e. The molecule has 0 aromatic heterocycles. The van der Waals surface area contributed by atoms with Crippen molar-refractivity contribution in [1.29, 1.82) is 0 Å². The Morgan fingerprint density at radius 2 is 1.89 bits per heavy atom. The molecule has 8 heteroatoms. The molecule has 0 atom stereocenters. The van der Waals surface area contributed by atoms with Crippen LogP contribution < -0.4 is 9.46 Å². The van der Waals surface area contributed by atoms with E-state index >= 15 is 0 Å². The van der Waals surface area contributed by atoms with Crippen molar-refractivity contribution in [3.05, 3.63) is 58.6 Å². The largest absolute Gasteiger partial charge is 0.496 e. The molecule has 3 rings (SSSR count). The van der Waals surface area contributed by atoms with Crippen LogP contribution in [0.4, 0.5) is 0 Å². The normalized spacial score (nSPS) is 14.4. The van der Waals surface area contributed by atoms with Crippen molar-refractivity contribution in [2.75, 3.05) is 20.2 Å². The van der Waals surface area contributed by atoms with Crippen LogP contribution in [-0.2, 0) is 16.6 Å². The van der Waals surface area contributed by atoms with Crippen LogP contribution in [0.15, 0.2) is 47.4 Å². The molecule has 1 heterocycles. The average molecular weight is 409 g/mol. The van der Waals surface area contributed by atoms with E-state index in [4.69, 9.17) is 16.3 Å². The lowest BCUT2D eigenvalue weighted by Crippen LogP contribution is -2.29. The third-order valence-electron chi connectivity index (χ3n) is 4.52. The van der Waals surface area contributed by atoms with Gasteiger partial charge in [-0.25, -0.2) is 13.1 Å². The predicted octanol–water partition coefficient (Wildman–Crippen LogP) is 3.06. The van der Waals surface area contributed by atoms with Gasteiger partial charge in [-0.05, 0) is 42.7 Å². The van der Waals surface area contributed by atoms with Crippen LogP contribution in [0.1, 0.15) is 28.8 Å². The molecule has 1 N–H and O–H groups in total. The molecule has 1 aliphatic heterocycles. The van der Waals surface area contributed by atoms with Crippen molar-refractivity contribution in [3.8, 4) is 5.75 Å². The first-order chi connectivity index (χ1) is 12.9. The molecule has 144 valence electrons. The monoisotopic (exact) mass is 408 g/mol. The number of carbonyl (C=O) groups excluding carboxylic acids is 1. The van der Waals surface area contributed by atoms with Gasteiger partial charge in [-0.15, -0.1) is 0 Å². The number of nitrogens with one attached hydrogen (secondary N) is 1. The van der Waals surface area contributed by atoms with Gasteiger partial charge in [0.05, 0.1) is 17.6 Å². The summed E-state index contributed by atoms with van der Waals surface area (Å²) in [5.41, 5.74) is 0.921. The molecule has 1 amide bonds. The van der Waals surface area contributed by atoms with Gasteiger partial charge in [0.2, 0.25) is 10.0 Å². The maximum Gasteiger partial charge on any atom is 0.257 e. The van der Waals surface area contributed by atoms with Crippen molar-refractivity contribution in [3.63, 3.8) is 0 Å². The van der Waals surface area contributed by atoms with Gasteiger partial charge in [0, 0.05) is 24.7 Å². The second-order valence-corrected chi connectivity index (χ2v) is 8.45. The molecule has 27 heavy (non-hydrogen) atoms. The highest BCUT2D eigenvalue weighted by atomic mass is 35.5. The Morgan fingerprint density at radius 3 is 2.56 bits per heavy atom. The third kappa shape index (κ3) is 4.43. The molecule has 0 unspecified atom stereocenters. The van der Waals surface area contributed by atoms with Gasteiger partial charge in [-0.2, -0.15) is 0 Å². The van der Waals surface area contributed by atoms with E-state index in [-0.39, 0.29) is 22.9 Å². The molecule has 0 bridgehead atoms. The summed E-state index contributed by atoms with van der Waals surface area (Å²) in [5, 5.41) is 0.486. The summed E-state index contributed by atoms with van der Waals surface area (Å²) in [6, 6.07) is 11.3. The summed E-state index contributed by atoms with van der Waals surface area (Å²) in [5.74, 6) is 0.143. The number of methoxy groups -OCH3 is 1. The molecule has 1 saturated heterocycles. The van der Waals surface area contributed by atoms with Gasteiger partial charge >= 0.3 is 0 Å². The quantitative estimate of drug-likeness (QED) is 0.797. The van der Waals surface area contributed by atoms with Gasteiger partial charge in [0.15, 0.2) is 0 Å². The number of likely N-dealkylation sites (tertiary alicyclic amines) is 1. The second-order valence-electron chi connectivity index (χ2n) is 6.28. The molecular formula is C19H21ClN2O4S. The molecule has 1 aliphatic rings. The van der Waals surface area contributed by atoms with Crippen LogP contribution in [0.5, 0.6) is 5.75 Å². The lowest BCUT2D eigenvalue weighted by molar-refractivity contribution is 0.0789. The number of halogens is 1. The number of carbonyl (C=O) groups is 1. The number of sulfonamides is 1. The Labute approximate surface area is 164 Å². The number of amides is 1. The Morgan fingerprint density at radius 1 is 1.19 bits per heavy atom. The Kier molecular flexibility index (Phi) is 6.04. The highest BCUT2D eigenvalue weighted by Gasteiger charge is 2.25. The van der Waals surface area contributed by atoms with Gasteiger partial charge in [-0.3, -0.25) is 4.79 Å². The summed E-state index contributed by atoms with van der Waals surface area (Å²) < 4.78 is 33.2. The van der Waals surface area contributed by atoms with E-state index in [1.807, 2.05) is 0 Å². The fraction of sp³-hybridized carbons (Fsp3) is 0.316.